The molecular formula is C18H12ClNO6. The summed E-state index contributed by atoms with van der Waals surface area (Å²) in [7, 11) is 0. The number of hydrogen-bond acceptors (Lipinski definition) is 6. The Balaban J connectivity index is 1.40. The standard InChI is InChI=1S/C18H12ClNO6/c19-13-7-10(8-14-15(13)26-9-25-14)18(23)24-6-5-20-16(21)11-3-1-2-4-12(11)17(20)22/h1-4,7-8H,5-6,9H2. The van der Waals surface area contributed by atoms with Crippen molar-refractivity contribution in [1.82, 2.24) is 4.90 Å². The number of carbonyl (C=O) groups is 3. The van der Waals surface area contributed by atoms with Crippen LogP contribution < -0.4 is 9.47 Å². The number of amides is 2. The van der Waals surface area contributed by atoms with Gasteiger partial charge in [0.05, 0.1) is 28.3 Å². The molecule has 0 atom stereocenters. The van der Waals surface area contributed by atoms with Gasteiger partial charge in [0.2, 0.25) is 6.79 Å². The fourth-order valence-corrected chi connectivity index (χ4v) is 3.11. The molecule has 0 saturated heterocycles. The molecule has 8 heteroatoms. The molecule has 2 aromatic carbocycles. The van der Waals surface area contributed by atoms with Gasteiger partial charge in [0.25, 0.3) is 11.8 Å². The lowest BCUT2D eigenvalue weighted by atomic mass is 10.1. The number of imide groups is 1. The van der Waals surface area contributed by atoms with Crippen molar-refractivity contribution >= 4 is 29.4 Å². The fourth-order valence-electron chi connectivity index (χ4n) is 2.84. The van der Waals surface area contributed by atoms with E-state index in [9.17, 15) is 14.4 Å². The van der Waals surface area contributed by atoms with Crippen LogP contribution in [0.2, 0.25) is 5.02 Å². The van der Waals surface area contributed by atoms with Gasteiger partial charge in [-0.3, -0.25) is 14.5 Å². The lowest BCUT2D eigenvalue weighted by Gasteiger charge is -2.14. The van der Waals surface area contributed by atoms with Crippen LogP contribution in [0.3, 0.4) is 0 Å². The third kappa shape index (κ3) is 2.66. The van der Waals surface area contributed by atoms with Crippen molar-refractivity contribution in [2.24, 2.45) is 0 Å². The first-order chi connectivity index (χ1) is 12.6. The number of nitrogens with zero attached hydrogens (tertiary/aromatic N) is 1. The van der Waals surface area contributed by atoms with Gasteiger partial charge in [-0.1, -0.05) is 23.7 Å². The average molecular weight is 374 g/mol. The van der Waals surface area contributed by atoms with E-state index in [2.05, 4.69) is 0 Å². The minimum atomic E-state index is -0.637. The van der Waals surface area contributed by atoms with Crippen LogP contribution in [0.25, 0.3) is 0 Å². The summed E-state index contributed by atoms with van der Waals surface area (Å²) in [6, 6.07) is 9.46. The minimum absolute atomic E-state index is 0.0314. The molecule has 26 heavy (non-hydrogen) atoms. The van der Waals surface area contributed by atoms with E-state index in [0.29, 0.717) is 22.6 Å². The Morgan fingerprint density at radius 3 is 2.50 bits per heavy atom. The van der Waals surface area contributed by atoms with E-state index < -0.39 is 17.8 Å². The van der Waals surface area contributed by atoms with Crippen LogP contribution in [0.4, 0.5) is 0 Å². The maximum Gasteiger partial charge on any atom is 0.338 e. The summed E-state index contributed by atoms with van der Waals surface area (Å²) < 4.78 is 15.5. The Morgan fingerprint density at radius 1 is 1.12 bits per heavy atom. The molecule has 0 N–H and O–H groups in total. The number of ether oxygens (including phenoxy) is 3. The molecule has 0 fully saturated rings. The predicted octanol–water partition coefficient (Wildman–Crippen LogP) is 2.52. The van der Waals surface area contributed by atoms with E-state index in [4.69, 9.17) is 25.8 Å². The first-order valence-electron chi connectivity index (χ1n) is 7.78. The first kappa shape index (κ1) is 16.4. The van der Waals surface area contributed by atoms with Crippen molar-refractivity contribution in [3.05, 3.63) is 58.1 Å². The van der Waals surface area contributed by atoms with E-state index in [1.807, 2.05) is 0 Å². The molecule has 0 saturated carbocycles. The van der Waals surface area contributed by atoms with E-state index in [-0.39, 0.29) is 30.5 Å². The molecule has 7 nitrogen and oxygen atoms in total. The molecular weight excluding hydrogens is 362 g/mol. The van der Waals surface area contributed by atoms with Crippen LogP contribution in [0.1, 0.15) is 31.1 Å². The molecule has 0 bridgehead atoms. The normalized spacial score (nSPS) is 14.6. The molecule has 4 rings (SSSR count). The molecule has 0 unspecified atom stereocenters. The van der Waals surface area contributed by atoms with Crippen molar-refractivity contribution < 1.29 is 28.6 Å². The first-order valence-corrected chi connectivity index (χ1v) is 8.15. The molecule has 0 spiro atoms. The van der Waals surface area contributed by atoms with Crippen LogP contribution in [0.5, 0.6) is 11.5 Å². The number of benzene rings is 2. The van der Waals surface area contributed by atoms with E-state index in [0.717, 1.165) is 4.90 Å². The number of hydrogen-bond donors (Lipinski definition) is 0. The molecule has 0 radical (unpaired) electrons. The number of fused-ring (bicyclic) bond motifs is 2. The van der Waals surface area contributed by atoms with Gasteiger partial charge in [0, 0.05) is 0 Å². The molecule has 2 aliphatic rings. The Kier molecular flexibility index (Phi) is 4.00. The van der Waals surface area contributed by atoms with Crippen molar-refractivity contribution in [2.45, 2.75) is 0 Å². The predicted molar refractivity (Wildman–Crippen MR) is 89.7 cm³/mol. The third-order valence-electron chi connectivity index (χ3n) is 4.09. The Morgan fingerprint density at radius 2 is 1.81 bits per heavy atom. The van der Waals surface area contributed by atoms with Gasteiger partial charge in [-0.25, -0.2) is 4.79 Å². The fraction of sp³-hybridized carbons (Fsp3) is 0.167. The second kappa shape index (κ2) is 6.34. The molecule has 2 aromatic rings. The summed E-state index contributed by atoms with van der Waals surface area (Å²) in [6.45, 7) is -0.125. The number of rotatable bonds is 4. The lowest BCUT2D eigenvalue weighted by molar-refractivity contribution is 0.0420. The quantitative estimate of drug-likeness (QED) is 0.605. The number of carbonyl (C=O) groups excluding carboxylic acids is 3. The van der Waals surface area contributed by atoms with Crippen molar-refractivity contribution in [1.29, 1.82) is 0 Å². The zero-order chi connectivity index (χ0) is 18.3. The summed E-state index contributed by atoms with van der Waals surface area (Å²) in [5.41, 5.74) is 0.902. The monoisotopic (exact) mass is 373 g/mol. The number of halogens is 1. The minimum Gasteiger partial charge on any atom is -0.460 e. The second-order valence-corrected chi connectivity index (χ2v) is 6.04. The maximum atomic E-state index is 12.2. The molecule has 2 amide bonds. The molecule has 132 valence electrons. The number of esters is 1. The molecule has 2 heterocycles. The van der Waals surface area contributed by atoms with Crippen LogP contribution in [0, 0.1) is 0 Å². The highest BCUT2D eigenvalue weighted by Crippen LogP contribution is 2.39. The van der Waals surface area contributed by atoms with Crippen LogP contribution in [-0.2, 0) is 4.74 Å². The topological polar surface area (TPSA) is 82.1 Å². The summed E-state index contributed by atoms with van der Waals surface area (Å²) in [5, 5.41) is 0.243. The highest BCUT2D eigenvalue weighted by Gasteiger charge is 2.34. The van der Waals surface area contributed by atoms with Crippen molar-refractivity contribution in [3.8, 4) is 11.5 Å². The van der Waals surface area contributed by atoms with Gasteiger partial charge >= 0.3 is 5.97 Å². The van der Waals surface area contributed by atoms with Crippen LogP contribution >= 0.6 is 11.6 Å². The summed E-state index contributed by atoms with van der Waals surface area (Å²) in [6.07, 6.45) is 0. The smallest absolute Gasteiger partial charge is 0.338 e. The largest absolute Gasteiger partial charge is 0.460 e. The van der Waals surface area contributed by atoms with Gasteiger partial charge in [0.1, 0.15) is 6.61 Å². The Bertz CT molecular complexity index is 906. The van der Waals surface area contributed by atoms with Gasteiger partial charge in [-0.05, 0) is 24.3 Å². The van der Waals surface area contributed by atoms with Crippen molar-refractivity contribution in [3.63, 3.8) is 0 Å². The van der Waals surface area contributed by atoms with E-state index in [1.165, 1.54) is 12.1 Å². The van der Waals surface area contributed by atoms with Gasteiger partial charge in [-0.2, -0.15) is 0 Å². The lowest BCUT2D eigenvalue weighted by Crippen LogP contribution is -2.33. The molecule has 2 aliphatic heterocycles. The zero-order valence-corrected chi connectivity index (χ0v) is 14.1. The zero-order valence-electron chi connectivity index (χ0n) is 13.4. The maximum absolute atomic E-state index is 12.2. The Hall–Kier alpha value is -3.06. The molecule has 0 aromatic heterocycles. The molecule has 0 aliphatic carbocycles. The third-order valence-corrected chi connectivity index (χ3v) is 4.37. The highest BCUT2D eigenvalue weighted by molar-refractivity contribution is 6.32. The van der Waals surface area contributed by atoms with Crippen LogP contribution in [-0.4, -0.2) is 42.6 Å². The Labute approximate surface area is 153 Å². The highest BCUT2D eigenvalue weighted by atomic mass is 35.5. The second-order valence-electron chi connectivity index (χ2n) is 5.64. The average Bonchev–Trinajstić information content (AvgIpc) is 3.21. The van der Waals surface area contributed by atoms with E-state index in [1.54, 1.807) is 24.3 Å². The summed E-state index contributed by atoms with van der Waals surface area (Å²) >= 11 is 6.04. The van der Waals surface area contributed by atoms with Gasteiger partial charge < -0.3 is 14.2 Å². The van der Waals surface area contributed by atoms with Crippen LogP contribution in [0.15, 0.2) is 36.4 Å². The summed E-state index contributed by atoms with van der Waals surface area (Å²) in [5.74, 6) is -0.679. The summed E-state index contributed by atoms with van der Waals surface area (Å²) in [4.78, 5) is 37.7. The van der Waals surface area contributed by atoms with Crippen molar-refractivity contribution in [2.75, 3.05) is 19.9 Å². The van der Waals surface area contributed by atoms with Gasteiger partial charge in [0.15, 0.2) is 11.5 Å². The van der Waals surface area contributed by atoms with E-state index >= 15 is 0 Å². The SMILES string of the molecule is O=C(OCCN1C(=O)c2ccccc2C1=O)c1cc(Cl)c2c(c1)OCO2. The van der Waals surface area contributed by atoms with Gasteiger partial charge in [-0.15, -0.1) is 0 Å².